The number of carbonyl (C=O) groups excluding carboxylic acids is 1. The molecule has 0 radical (unpaired) electrons. The van der Waals surface area contributed by atoms with Gasteiger partial charge in [0.1, 0.15) is 0 Å². The minimum atomic E-state index is -0.305. The Labute approximate surface area is 138 Å². The third-order valence-electron chi connectivity index (χ3n) is 3.41. The number of aryl methyl sites for hydroxylation is 1. The van der Waals surface area contributed by atoms with E-state index in [0.29, 0.717) is 18.6 Å². The lowest BCUT2D eigenvalue weighted by Crippen LogP contribution is -2.08. The van der Waals surface area contributed by atoms with Gasteiger partial charge in [0.2, 0.25) is 0 Å². The molecule has 0 amide bonds. The summed E-state index contributed by atoms with van der Waals surface area (Å²) >= 11 is 1.61. The van der Waals surface area contributed by atoms with E-state index < -0.39 is 0 Å². The standard InChI is InChI=1S/C18H16N2O2S/c1-13-20-17(12-23-13)15-2-4-16(5-3-15)18(21)22-11-8-14-6-9-19-10-7-14/h2-7,9-10,12H,8,11H2,1H3. The van der Waals surface area contributed by atoms with Crippen molar-refractivity contribution in [3.05, 3.63) is 70.3 Å². The van der Waals surface area contributed by atoms with Gasteiger partial charge in [-0.1, -0.05) is 12.1 Å². The maximum atomic E-state index is 12.0. The van der Waals surface area contributed by atoms with Crippen molar-refractivity contribution in [1.29, 1.82) is 0 Å². The van der Waals surface area contributed by atoms with Gasteiger partial charge in [0.25, 0.3) is 0 Å². The third kappa shape index (κ3) is 4.02. The molecule has 0 aliphatic carbocycles. The van der Waals surface area contributed by atoms with E-state index in [-0.39, 0.29) is 5.97 Å². The summed E-state index contributed by atoms with van der Waals surface area (Å²) in [5.74, 6) is -0.305. The molecule has 0 aliphatic rings. The molecule has 23 heavy (non-hydrogen) atoms. The quantitative estimate of drug-likeness (QED) is 0.668. The number of thiazole rings is 1. The minimum absolute atomic E-state index is 0.305. The Kier molecular flexibility index (Phi) is 4.78. The number of carbonyl (C=O) groups is 1. The van der Waals surface area contributed by atoms with Crippen LogP contribution in [0.15, 0.2) is 54.2 Å². The van der Waals surface area contributed by atoms with Gasteiger partial charge in [0, 0.05) is 29.8 Å². The van der Waals surface area contributed by atoms with Crippen molar-refractivity contribution in [3.8, 4) is 11.3 Å². The molecule has 3 aromatic rings. The Morgan fingerprint density at radius 2 is 1.87 bits per heavy atom. The SMILES string of the molecule is Cc1nc(-c2ccc(C(=O)OCCc3ccncc3)cc2)cs1. The van der Waals surface area contributed by atoms with E-state index in [1.54, 1.807) is 35.9 Å². The summed E-state index contributed by atoms with van der Waals surface area (Å²) in [7, 11) is 0. The average Bonchev–Trinajstić information content (AvgIpc) is 3.02. The summed E-state index contributed by atoms with van der Waals surface area (Å²) in [6.07, 6.45) is 4.15. The molecule has 4 nitrogen and oxygen atoms in total. The molecule has 0 bridgehead atoms. The van der Waals surface area contributed by atoms with E-state index in [2.05, 4.69) is 9.97 Å². The van der Waals surface area contributed by atoms with Crippen molar-refractivity contribution in [3.63, 3.8) is 0 Å². The first-order valence-electron chi connectivity index (χ1n) is 7.31. The fourth-order valence-corrected chi connectivity index (χ4v) is 2.79. The van der Waals surface area contributed by atoms with Crippen molar-refractivity contribution in [2.45, 2.75) is 13.3 Å². The minimum Gasteiger partial charge on any atom is -0.462 e. The molecule has 3 rings (SSSR count). The summed E-state index contributed by atoms with van der Waals surface area (Å²) in [4.78, 5) is 20.4. The predicted octanol–water partition coefficient (Wildman–Crippen LogP) is 3.91. The predicted molar refractivity (Wildman–Crippen MR) is 90.5 cm³/mol. The molecule has 2 aromatic heterocycles. The van der Waals surface area contributed by atoms with Crippen molar-refractivity contribution < 1.29 is 9.53 Å². The van der Waals surface area contributed by atoms with E-state index in [4.69, 9.17) is 4.74 Å². The molecule has 0 spiro atoms. The monoisotopic (exact) mass is 324 g/mol. The van der Waals surface area contributed by atoms with Gasteiger partial charge in [-0.15, -0.1) is 11.3 Å². The second-order valence-electron chi connectivity index (χ2n) is 5.07. The van der Waals surface area contributed by atoms with Crippen LogP contribution in [0.3, 0.4) is 0 Å². The fourth-order valence-electron chi connectivity index (χ4n) is 2.17. The molecule has 2 heterocycles. The molecule has 0 aliphatic heterocycles. The van der Waals surface area contributed by atoms with Crippen LogP contribution in [0.2, 0.25) is 0 Å². The van der Waals surface area contributed by atoms with E-state index in [0.717, 1.165) is 21.8 Å². The molecule has 0 saturated carbocycles. The number of ether oxygens (including phenoxy) is 1. The first-order valence-corrected chi connectivity index (χ1v) is 8.19. The van der Waals surface area contributed by atoms with Crippen molar-refractivity contribution in [2.24, 2.45) is 0 Å². The highest BCUT2D eigenvalue weighted by molar-refractivity contribution is 7.09. The molecule has 5 heteroatoms. The summed E-state index contributed by atoms with van der Waals surface area (Å²) < 4.78 is 5.31. The van der Waals surface area contributed by atoms with Crippen LogP contribution in [0.1, 0.15) is 20.9 Å². The normalized spacial score (nSPS) is 10.5. The molecule has 0 atom stereocenters. The molecule has 0 fully saturated rings. The molecule has 0 N–H and O–H groups in total. The van der Waals surface area contributed by atoms with Crippen LogP contribution < -0.4 is 0 Å². The number of hydrogen-bond donors (Lipinski definition) is 0. The Morgan fingerprint density at radius 1 is 1.13 bits per heavy atom. The van der Waals surface area contributed by atoms with Gasteiger partial charge in [-0.2, -0.15) is 0 Å². The Hall–Kier alpha value is -2.53. The van der Waals surface area contributed by atoms with Crippen LogP contribution >= 0.6 is 11.3 Å². The fraction of sp³-hybridized carbons (Fsp3) is 0.167. The number of aromatic nitrogens is 2. The van der Waals surface area contributed by atoms with E-state index >= 15 is 0 Å². The maximum Gasteiger partial charge on any atom is 0.338 e. The molecular formula is C18H16N2O2S. The van der Waals surface area contributed by atoms with Crippen molar-refractivity contribution >= 4 is 17.3 Å². The first kappa shape index (κ1) is 15.4. The highest BCUT2D eigenvalue weighted by Gasteiger charge is 2.08. The molecular weight excluding hydrogens is 308 g/mol. The van der Waals surface area contributed by atoms with Gasteiger partial charge in [0.05, 0.1) is 22.9 Å². The van der Waals surface area contributed by atoms with Crippen LogP contribution in [0.5, 0.6) is 0 Å². The number of pyridine rings is 1. The highest BCUT2D eigenvalue weighted by atomic mass is 32.1. The van der Waals surface area contributed by atoms with Crippen LogP contribution in [0.4, 0.5) is 0 Å². The van der Waals surface area contributed by atoms with Crippen LogP contribution in [0.25, 0.3) is 11.3 Å². The Balaban J connectivity index is 1.57. The molecule has 0 unspecified atom stereocenters. The zero-order chi connectivity index (χ0) is 16.1. The highest BCUT2D eigenvalue weighted by Crippen LogP contribution is 2.22. The largest absolute Gasteiger partial charge is 0.462 e. The summed E-state index contributed by atoms with van der Waals surface area (Å²) in [5, 5.41) is 3.04. The maximum absolute atomic E-state index is 12.0. The summed E-state index contributed by atoms with van der Waals surface area (Å²) in [6.45, 7) is 2.33. The number of esters is 1. The van der Waals surface area contributed by atoms with E-state index in [9.17, 15) is 4.79 Å². The average molecular weight is 324 g/mol. The van der Waals surface area contributed by atoms with Crippen molar-refractivity contribution in [1.82, 2.24) is 9.97 Å². The lowest BCUT2D eigenvalue weighted by atomic mass is 10.1. The number of benzene rings is 1. The lowest BCUT2D eigenvalue weighted by molar-refractivity contribution is 0.0509. The molecule has 0 saturated heterocycles. The lowest BCUT2D eigenvalue weighted by Gasteiger charge is -2.05. The van der Waals surface area contributed by atoms with Gasteiger partial charge < -0.3 is 4.74 Å². The zero-order valence-electron chi connectivity index (χ0n) is 12.7. The topological polar surface area (TPSA) is 52.1 Å². The third-order valence-corrected chi connectivity index (χ3v) is 4.18. The summed E-state index contributed by atoms with van der Waals surface area (Å²) in [6, 6.07) is 11.2. The Morgan fingerprint density at radius 3 is 2.52 bits per heavy atom. The van der Waals surface area contributed by atoms with Gasteiger partial charge in [-0.3, -0.25) is 4.98 Å². The second-order valence-corrected chi connectivity index (χ2v) is 6.13. The van der Waals surface area contributed by atoms with Crippen LogP contribution in [-0.4, -0.2) is 22.5 Å². The zero-order valence-corrected chi connectivity index (χ0v) is 13.5. The van der Waals surface area contributed by atoms with Gasteiger partial charge >= 0.3 is 5.97 Å². The summed E-state index contributed by atoms with van der Waals surface area (Å²) in [5.41, 5.74) is 3.59. The second kappa shape index (κ2) is 7.15. The van der Waals surface area contributed by atoms with Gasteiger partial charge in [0.15, 0.2) is 0 Å². The van der Waals surface area contributed by atoms with E-state index in [1.807, 2.05) is 36.6 Å². The smallest absolute Gasteiger partial charge is 0.338 e. The van der Waals surface area contributed by atoms with Crippen LogP contribution in [0, 0.1) is 6.92 Å². The van der Waals surface area contributed by atoms with Gasteiger partial charge in [-0.25, -0.2) is 9.78 Å². The van der Waals surface area contributed by atoms with Gasteiger partial charge in [-0.05, 0) is 36.8 Å². The number of rotatable bonds is 5. The number of hydrogen-bond acceptors (Lipinski definition) is 5. The Bertz CT molecular complexity index is 782. The van der Waals surface area contributed by atoms with E-state index in [1.165, 1.54) is 0 Å². The number of nitrogens with zero attached hydrogens (tertiary/aromatic N) is 2. The first-order chi connectivity index (χ1) is 11.2. The molecule has 116 valence electrons. The van der Waals surface area contributed by atoms with Crippen LogP contribution in [-0.2, 0) is 11.2 Å². The van der Waals surface area contributed by atoms with Crippen molar-refractivity contribution in [2.75, 3.05) is 6.61 Å². The molecule has 1 aromatic carbocycles.